The van der Waals surface area contributed by atoms with Gasteiger partial charge < -0.3 is 15.4 Å². The lowest BCUT2D eigenvalue weighted by atomic mass is 9.95. The van der Waals surface area contributed by atoms with Crippen LogP contribution < -0.4 is 15.4 Å². The highest BCUT2D eigenvalue weighted by Crippen LogP contribution is 2.30. The first-order chi connectivity index (χ1) is 15.4. The zero-order valence-electron chi connectivity index (χ0n) is 17.5. The van der Waals surface area contributed by atoms with Gasteiger partial charge in [-0.3, -0.25) is 9.59 Å². The molecule has 0 spiro atoms. The van der Waals surface area contributed by atoms with Gasteiger partial charge in [-0.15, -0.1) is 0 Å². The van der Waals surface area contributed by atoms with Gasteiger partial charge >= 0.3 is 0 Å². The second-order valence-electron chi connectivity index (χ2n) is 7.76. The minimum absolute atomic E-state index is 0.0424. The van der Waals surface area contributed by atoms with E-state index in [1.165, 1.54) is 12.1 Å². The SMILES string of the molecule is Cc1ccccc1CNC(=O)C1COc2ccc(NC(=O)c3ccc(Cl)c(F)c3)cc2C1. The third-order valence-electron chi connectivity index (χ3n) is 5.49. The highest BCUT2D eigenvalue weighted by Gasteiger charge is 2.26. The summed E-state index contributed by atoms with van der Waals surface area (Å²) in [6, 6.07) is 17.0. The lowest BCUT2D eigenvalue weighted by molar-refractivity contribution is -0.126. The van der Waals surface area contributed by atoms with E-state index in [1.807, 2.05) is 31.2 Å². The van der Waals surface area contributed by atoms with E-state index in [2.05, 4.69) is 10.6 Å². The second kappa shape index (κ2) is 9.40. The molecule has 0 radical (unpaired) electrons. The van der Waals surface area contributed by atoms with E-state index < -0.39 is 11.7 Å². The number of carbonyl (C=O) groups excluding carboxylic acids is 2. The third-order valence-corrected chi connectivity index (χ3v) is 5.80. The summed E-state index contributed by atoms with van der Waals surface area (Å²) in [7, 11) is 0. The van der Waals surface area contributed by atoms with Gasteiger partial charge in [0, 0.05) is 17.8 Å². The van der Waals surface area contributed by atoms with E-state index in [9.17, 15) is 14.0 Å². The van der Waals surface area contributed by atoms with E-state index >= 15 is 0 Å². The number of amides is 2. The fraction of sp³-hybridized carbons (Fsp3) is 0.200. The van der Waals surface area contributed by atoms with Crippen LogP contribution in [0.25, 0.3) is 0 Å². The Hall–Kier alpha value is -3.38. The number of rotatable bonds is 5. The number of halogens is 2. The summed E-state index contributed by atoms with van der Waals surface area (Å²) in [5, 5.41) is 5.69. The number of hydrogen-bond acceptors (Lipinski definition) is 3. The molecule has 32 heavy (non-hydrogen) atoms. The fourth-order valence-corrected chi connectivity index (χ4v) is 3.73. The molecule has 0 saturated heterocycles. The van der Waals surface area contributed by atoms with Crippen LogP contribution in [0.1, 0.15) is 27.0 Å². The Morgan fingerprint density at radius 2 is 1.94 bits per heavy atom. The summed E-state index contributed by atoms with van der Waals surface area (Å²) in [5.74, 6) is -0.834. The molecule has 1 aliphatic rings. The predicted octanol–water partition coefficient (Wildman–Crippen LogP) is 4.91. The molecule has 7 heteroatoms. The Morgan fingerprint density at radius 1 is 1.12 bits per heavy atom. The minimum Gasteiger partial charge on any atom is -0.492 e. The molecule has 1 atom stereocenters. The van der Waals surface area contributed by atoms with Gasteiger partial charge in [0.2, 0.25) is 5.91 Å². The van der Waals surface area contributed by atoms with Gasteiger partial charge in [0.15, 0.2) is 0 Å². The number of hydrogen-bond donors (Lipinski definition) is 2. The van der Waals surface area contributed by atoms with Gasteiger partial charge in [0.05, 0.1) is 10.9 Å². The standard InChI is InChI=1S/C25H22ClFN2O3/c1-15-4-2-3-5-17(15)13-28-24(30)19-10-18-11-20(7-9-23(18)32-14-19)29-25(31)16-6-8-21(26)22(27)12-16/h2-9,11-12,19H,10,13-14H2,1H3,(H,28,30)(H,29,31). The van der Waals surface area contributed by atoms with Crippen LogP contribution in [0.3, 0.4) is 0 Å². The van der Waals surface area contributed by atoms with Crippen molar-refractivity contribution in [2.75, 3.05) is 11.9 Å². The number of aryl methyl sites for hydroxylation is 1. The molecular weight excluding hydrogens is 431 g/mol. The Morgan fingerprint density at radius 3 is 2.72 bits per heavy atom. The first-order valence-corrected chi connectivity index (χ1v) is 10.6. The molecule has 3 aromatic carbocycles. The van der Waals surface area contributed by atoms with Gasteiger partial charge in [0.25, 0.3) is 5.91 Å². The van der Waals surface area contributed by atoms with E-state index in [-0.39, 0.29) is 22.4 Å². The number of nitrogens with one attached hydrogen (secondary N) is 2. The molecule has 0 bridgehead atoms. The molecule has 1 unspecified atom stereocenters. The lowest BCUT2D eigenvalue weighted by Crippen LogP contribution is -2.37. The largest absolute Gasteiger partial charge is 0.492 e. The zero-order valence-corrected chi connectivity index (χ0v) is 18.2. The Bertz CT molecular complexity index is 1180. The molecule has 0 fully saturated rings. The lowest BCUT2D eigenvalue weighted by Gasteiger charge is -2.25. The van der Waals surface area contributed by atoms with Crippen LogP contribution in [-0.2, 0) is 17.8 Å². The molecule has 164 valence electrons. The van der Waals surface area contributed by atoms with Gasteiger partial charge in [-0.1, -0.05) is 35.9 Å². The van der Waals surface area contributed by atoms with Crippen molar-refractivity contribution in [3.63, 3.8) is 0 Å². The summed E-state index contributed by atoms with van der Waals surface area (Å²) in [5.41, 5.74) is 3.72. The van der Waals surface area contributed by atoms with Gasteiger partial charge in [-0.05, 0) is 66.4 Å². The highest BCUT2D eigenvalue weighted by molar-refractivity contribution is 6.30. The molecule has 1 aliphatic heterocycles. The number of carbonyl (C=O) groups is 2. The van der Waals surface area contributed by atoms with Crippen molar-refractivity contribution in [1.82, 2.24) is 5.32 Å². The molecule has 2 N–H and O–H groups in total. The van der Waals surface area contributed by atoms with Crippen molar-refractivity contribution in [2.24, 2.45) is 5.92 Å². The fourth-order valence-electron chi connectivity index (χ4n) is 3.62. The van der Waals surface area contributed by atoms with Crippen molar-refractivity contribution in [1.29, 1.82) is 0 Å². The molecular formula is C25H22ClFN2O3. The molecule has 0 aliphatic carbocycles. The Balaban J connectivity index is 1.41. The van der Waals surface area contributed by atoms with Crippen molar-refractivity contribution in [3.05, 3.63) is 93.8 Å². The van der Waals surface area contributed by atoms with Gasteiger partial charge in [-0.2, -0.15) is 0 Å². The Labute approximate surface area is 190 Å². The van der Waals surface area contributed by atoms with Crippen LogP contribution in [0, 0.1) is 18.7 Å². The average molecular weight is 453 g/mol. The zero-order chi connectivity index (χ0) is 22.7. The summed E-state index contributed by atoms with van der Waals surface area (Å²) in [6.07, 6.45) is 0.494. The maximum Gasteiger partial charge on any atom is 0.255 e. The van der Waals surface area contributed by atoms with E-state index in [4.69, 9.17) is 16.3 Å². The van der Waals surface area contributed by atoms with Crippen LogP contribution in [0.15, 0.2) is 60.7 Å². The number of ether oxygens (including phenoxy) is 1. The summed E-state index contributed by atoms with van der Waals surface area (Å²) < 4.78 is 19.4. The molecule has 1 heterocycles. The highest BCUT2D eigenvalue weighted by atomic mass is 35.5. The predicted molar refractivity (Wildman–Crippen MR) is 122 cm³/mol. The smallest absolute Gasteiger partial charge is 0.255 e. The summed E-state index contributed by atoms with van der Waals surface area (Å²) in [6.45, 7) is 2.76. The van der Waals surface area contributed by atoms with Crippen molar-refractivity contribution in [3.8, 4) is 5.75 Å². The molecule has 4 rings (SSSR count). The average Bonchev–Trinajstić information content (AvgIpc) is 2.79. The molecule has 0 saturated carbocycles. The number of benzene rings is 3. The number of fused-ring (bicyclic) bond motifs is 1. The second-order valence-corrected chi connectivity index (χ2v) is 8.17. The number of anilines is 1. The van der Waals surface area contributed by atoms with E-state index in [0.717, 1.165) is 22.8 Å². The van der Waals surface area contributed by atoms with Crippen LogP contribution in [0.2, 0.25) is 5.02 Å². The molecule has 5 nitrogen and oxygen atoms in total. The molecule has 2 amide bonds. The first kappa shape index (κ1) is 21.8. The summed E-state index contributed by atoms with van der Waals surface area (Å²) in [4.78, 5) is 25.1. The van der Waals surface area contributed by atoms with Crippen molar-refractivity contribution in [2.45, 2.75) is 19.9 Å². The first-order valence-electron chi connectivity index (χ1n) is 10.2. The maximum absolute atomic E-state index is 13.6. The van der Waals surface area contributed by atoms with Crippen LogP contribution in [0.4, 0.5) is 10.1 Å². The molecule has 3 aromatic rings. The Kier molecular flexibility index (Phi) is 6.42. The minimum atomic E-state index is -0.655. The van der Waals surface area contributed by atoms with Crippen LogP contribution in [0.5, 0.6) is 5.75 Å². The third kappa shape index (κ3) is 4.92. The van der Waals surface area contributed by atoms with Gasteiger partial charge in [-0.25, -0.2) is 4.39 Å². The maximum atomic E-state index is 13.6. The van der Waals surface area contributed by atoms with Crippen molar-refractivity contribution >= 4 is 29.1 Å². The van der Waals surface area contributed by atoms with Gasteiger partial charge in [0.1, 0.15) is 18.2 Å². The van der Waals surface area contributed by atoms with Crippen LogP contribution in [-0.4, -0.2) is 18.4 Å². The monoisotopic (exact) mass is 452 g/mol. The summed E-state index contributed by atoms with van der Waals surface area (Å²) >= 11 is 5.68. The normalized spacial score (nSPS) is 14.8. The van der Waals surface area contributed by atoms with Crippen LogP contribution >= 0.6 is 11.6 Å². The topological polar surface area (TPSA) is 67.4 Å². The van der Waals surface area contributed by atoms with E-state index in [1.54, 1.807) is 18.2 Å². The molecule has 0 aromatic heterocycles. The van der Waals surface area contributed by atoms with Crippen molar-refractivity contribution < 1.29 is 18.7 Å². The van der Waals surface area contributed by atoms with E-state index in [0.29, 0.717) is 31.0 Å². The quantitative estimate of drug-likeness (QED) is 0.578.